The number of amides is 2. The van der Waals surface area contributed by atoms with E-state index in [2.05, 4.69) is 10.6 Å². The second-order valence-corrected chi connectivity index (χ2v) is 7.20. The first-order chi connectivity index (χ1) is 12.4. The molecule has 0 saturated carbocycles. The Labute approximate surface area is 155 Å². The van der Waals surface area contributed by atoms with Gasteiger partial charge in [0, 0.05) is 16.8 Å². The molecule has 0 aliphatic carbocycles. The normalized spacial score (nSPS) is 11.8. The predicted octanol–water partition coefficient (Wildman–Crippen LogP) is 4.41. The van der Waals surface area contributed by atoms with E-state index in [0.717, 1.165) is 12.1 Å². The Morgan fingerprint density at radius 1 is 0.963 bits per heavy atom. The number of rotatable bonds is 4. The van der Waals surface area contributed by atoms with Gasteiger partial charge in [0.15, 0.2) is 0 Å². The molecule has 0 fully saturated rings. The molecule has 27 heavy (non-hydrogen) atoms. The molecule has 2 amide bonds. The van der Waals surface area contributed by atoms with Gasteiger partial charge in [-0.25, -0.2) is 0 Å². The van der Waals surface area contributed by atoms with Gasteiger partial charge in [0.2, 0.25) is 5.91 Å². The summed E-state index contributed by atoms with van der Waals surface area (Å²) in [4.78, 5) is 24.1. The zero-order valence-electron chi connectivity index (χ0n) is 15.3. The minimum absolute atomic E-state index is 0.184. The second-order valence-electron chi connectivity index (χ2n) is 7.20. The molecule has 2 aromatic carbocycles. The molecule has 2 aromatic rings. The number of halogens is 3. The fourth-order valence-corrected chi connectivity index (χ4v) is 2.37. The highest BCUT2D eigenvalue weighted by Gasteiger charge is 2.30. The van der Waals surface area contributed by atoms with Crippen molar-refractivity contribution in [1.82, 2.24) is 5.32 Å². The zero-order valence-corrected chi connectivity index (χ0v) is 15.3. The van der Waals surface area contributed by atoms with Crippen LogP contribution in [0.1, 0.15) is 42.3 Å². The van der Waals surface area contributed by atoms with Gasteiger partial charge in [-0.3, -0.25) is 9.59 Å². The SMILES string of the molecule is CC(C)(C)NC(=O)c1ccc(NC(=O)Cc2cccc(C(F)(F)F)c2)cc1. The average Bonchev–Trinajstić information content (AvgIpc) is 2.53. The van der Waals surface area contributed by atoms with Crippen LogP contribution in [0.3, 0.4) is 0 Å². The van der Waals surface area contributed by atoms with E-state index >= 15 is 0 Å². The summed E-state index contributed by atoms with van der Waals surface area (Å²) in [7, 11) is 0. The molecule has 7 heteroatoms. The van der Waals surface area contributed by atoms with Gasteiger partial charge in [0.1, 0.15) is 0 Å². The highest BCUT2D eigenvalue weighted by atomic mass is 19.4. The standard InChI is InChI=1S/C20H21F3N2O2/c1-19(2,3)25-18(27)14-7-9-16(10-8-14)24-17(26)12-13-5-4-6-15(11-13)20(21,22)23/h4-11H,12H2,1-3H3,(H,24,26)(H,25,27). The molecule has 0 aliphatic heterocycles. The first-order valence-electron chi connectivity index (χ1n) is 8.33. The van der Waals surface area contributed by atoms with Crippen LogP contribution in [-0.4, -0.2) is 17.4 Å². The van der Waals surface area contributed by atoms with Crippen molar-refractivity contribution in [1.29, 1.82) is 0 Å². The molecule has 0 radical (unpaired) electrons. The van der Waals surface area contributed by atoms with Gasteiger partial charge in [0.25, 0.3) is 5.91 Å². The number of carbonyl (C=O) groups is 2. The number of alkyl halides is 3. The predicted molar refractivity (Wildman–Crippen MR) is 97.4 cm³/mol. The van der Waals surface area contributed by atoms with Crippen LogP contribution >= 0.6 is 0 Å². The van der Waals surface area contributed by atoms with Gasteiger partial charge < -0.3 is 10.6 Å². The number of anilines is 1. The summed E-state index contributed by atoms with van der Waals surface area (Å²) >= 11 is 0. The van der Waals surface area contributed by atoms with Gasteiger partial charge >= 0.3 is 6.18 Å². The maximum atomic E-state index is 12.7. The van der Waals surface area contributed by atoms with Crippen molar-refractivity contribution >= 4 is 17.5 Å². The van der Waals surface area contributed by atoms with Crippen LogP contribution in [0, 0.1) is 0 Å². The van der Waals surface area contributed by atoms with Crippen molar-refractivity contribution in [3.8, 4) is 0 Å². The van der Waals surface area contributed by atoms with Crippen molar-refractivity contribution < 1.29 is 22.8 Å². The highest BCUT2D eigenvalue weighted by Crippen LogP contribution is 2.29. The fraction of sp³-hybridized carbons (Fsp3) is 0.300. The van der Waals surface area contributed by atoms with Gasteiger partial charge in [0.05, 0.1) is 12.0 Å². The molecule has 0 aromatic heterocycles. The van der Waals surface area contributed by atoms with E-state index in [4.69, 9.17) is 0 Å². The third-order valence-electron chi connectivity index (χ3n) is 3.54. The van der Waals surface area contributed by atoms with Crippen molar-refractivity contribution in [3.63, 3.8) is 0 Å². The summed E-state index contributed by atoms with van der Waals surface area (Å²) in [5.74, 6) is -0.675. The average molecular weight is 378 g/mol. The molecular formula is C20H21F3N2O2. The van der Waals surface area contributed by atoms with Crippen LogP contribution in [0.25, 0.3) is 0 Å². The highest BCUT2D eigenvalue weighted by molar-refractivity contribution is 5.96. The lowest BCUT2D eigenvalue weighted by Crippen LogP contribution is -2.40. The second kappa shape index (κ2) is 7.82. The van der Waals surface area contributed by atoms with Crippen molar-refractivity contribution in [2.24, 2.45) is 0 Å². The third kappa shape index (κ3) is 6.44. The minimum Gasteiger partial charge on any atom is -0.347 e. The Balaban J connectivity index is 1.99. The number of carbonyl (C=O) groups excluding carboxylic acids is 2. The topological polar surface area (TPSA) is 58.2 Å². The summed E-state index contributed by atoms with van der Waals surface area (Å²) in [5, 5.41) is 5.44. The Kier molecular flexibility index (Phi) is 5.93. The largest absolute Gasteiger partial charge is 0.416 e. The molecule has 144 valence electrons. The molecule has 4 nitrogen and oxygen atoms in total. The number of nitrogens with one attached hydrogen (secondary N) is 2. The van der Waals surface area contributed by atoms with Crippen molar-refractivity contribution in [2.45, 2.75) is 38.9 Å². The summed E-state index contributed by atoms with van der Waals surface area (Å²) in [6.45, 7) is 5.60. The molecule has 0 atom stereocenters. The monoisotopic (exact) mass is 378 g/mol. The molecule has 0 unspecified atom stereocenters. The summed E-state index contributed by atoms with van der Waals surface area (Å²) in [6, 6.07) is 10.9. The van der Waals surface area contributed by atoms with E-state index < -0.39 is 17.6 Å². The van der Waals surface area contributed by atoms with Crippen LogP contribution < -0.4 is 10.6 Å². The maximum Gasteiger partial charge on any atom is 0.416 e. The smallest absolute Gasteiger partial charge is 0.347 e. The molecule has 0 bridgehead atoms. The lowest BCUT2D eigenvalue weighted by Gasteiger charge is -2.20. The maximum absolute atomic E-state index is 12.7. The Morgan fingerprint density at radius 3 is 2.15 bits per heavy atom. The summed E-state index contributed by atoms with van der Waals surface area (Å²) in [5.41, 5.74) is 0.0140. The number of hydrogen-bond donors (Lipinski definition) is 2. The van der Waals surface area contributed by atoms with E-state index in [9.17, 15) is 22.8 Å². The molecular weight excluding hydrogens is 357 g/mol. The summed E-state index contributed by atoms with van der Waals surface area (Å²) in [6.07, 6.45) is -4.63. The van der Waals surface area contributed by atoms with E-state index in [-0.39, 0.29) is 23.4 Å². The van der Waals surface area contributed by atoms with Crippen molar-refractivity contribution in [3.05, 3.63) is 65.2 Å². The number of hydrogen-bond acceptors (Lipinski definition) is 2. The van der Waals surface area contributed by atoms with Crippen LogP contribution in [-0.2, 0) is 17.4 Å². The fourth-order valence-electron chi connectivity index (χ4n) is 2.37. The first kappa shape index (κ1) is 20.5. The number of benzene rings is 2. The van der Waals surface area contributed by atoms with Crippen molar-refractivity contribution in [2.75, 3.05) is 5.32 Å². The molecule has 0 aliphatic rings. The van der Waals surface area contributed by atoms with Crippen LogP contribution in [0.15, 0.2) is 48.5 Å². The van der Waals surface area contributed by atoms with Gasteiger partial charge in [-0.1, -0.05) is 18.2 Å². The first-order valence-corrected chi connectivity index (χ1v) is 8.33. The molecule has 0 heterocycles. The lowest BCUT2D eigenvalue weighted by atomic mass is 10.1. The lowest BCUT2D eigenvalue weighted by molar-refractivity contribution is -0.137. The Morgan fingerprint density at radius 2 is 1.59 bits per heavy atom. The van der Waals surface area contributed by atoms with Gasteiger partial charge in [-0.2, -0.15) is 13.2 Å². The van der Waals surface area contributed by atoms with E-state index in [1.807, 2.05) is 20.8 Å². The summed E-state index contributed by atoms with van der Waals surface area (Å²) < 4.78 is 38.2. The minimum atomic E-state index is -4.45. The third-order valence-corrected chi connectivity index (χ3v) is 3.54. The van der Waals surface area contributed by atoms with Crippen LogP contribution in [0.5, 0.6) is 0 Å². The van der Waals surface area contributed by atoms with Gasteiger partial charge in [-0.05, 0) is 56.7 Å². The zero-order chi connectivity index (χ0) is 20.2. The van der Waals surface area contributed by atoms with E-state index in [1.54, 1.807) is 24.3 Å². The molecule has 0 spiro atoms. The molecule has 2 rings (SSSR count). The Bertz CT molecular complexity index is 822. The van der Waals surface area contributed by atoms with Gasteiger partial charge in [-0.15, -0.1) is 0 Å². The quantitative estimate of drug-likeness (QED) is 0.828. The molecule has 2 N–H and O–H groups in total. The Hall–Kier alpha value is -2.83. The van der Waals surface area contributed by atoms with E-state index in [1.165, 1.54) is 12.1 Å². The molecule has 0 saturated heterocycles. The van der Waals surface area contributed by atoms with Crippen LogP contribution in [0.2, 0.25) is 0 Å². The van der Waals surface area contributed by atoms with Crippen LogP contribution in [0.4, 0.5) is 18.9 Å². The van der Waals surface area contributed by atoms with E-state index in [0.29, 0.717) is 11.3 Å².